The first-order valence-corrected chi connectivity index (χ1v) is 40.9. The Morgan fingerprint density at radius 1 is 0.481 bits per heavy atom. The number of amides is 5. The third kappa shape index (κ3) is 26.4. The van der Waals surface area contributed by atoms with Crippen LogP contribution in [0.25, 0.3) is 0 Å². The van der Waals surface area contributed by atoms with Gasteiger partial charge >= 0.3 is 23.9 Å². The summed E-state index contributed by atoms with van der Waals surface area (Å²) in [6, 6.07) is 5.49. The number of allylic oxidation sites excluding steroid dienone is 4. The molecule has 0 saturated carbocycles. The number of nitrogens with zero attached hydrogens (tertiary/aromatic N) is 5. The van der Waals surface area contributed by atoms with Gasteiger partial charge in [-0.3, -0.25) is 33.8 Å². The molecule has 0 spiro atoms. The normalized spacial score (nSPS) is 19.0. The SMILES string of the molecule is CC1=CCC(C(=O)N(c2cc(C#CC(C)(C)C)sc2C(=O)O)[C@H]2CCCCN(C)C2=O)CC1.COC(=O)c1sc(C#CC(C)(C)C)cc1Br.COC(=O)c1sc(C#CC(C)(C)C)cc1N(C(=O)C1CC=C(C)CC1)[C@H]1CCCCN(C)C1=O.COC(=O)c1sc(C#CC(C)(C)C)cc1N[C@H]1CCCCN(C)C1=O. The molecule has 24 heteroatoms. The Kier molecular flexibility index (Phi) is 32.6. The molecule has 3 aliphatic heterocycles. The Balaban J connectivity index is 0.000000233. The van der Waals surface area contributed by atoms with Crippen molar-refractivity contribution in [1.82, 2.24) is 14.7 Å². The van der Waals surface area contributed by atoms with E-state index >= 15 is 0 Å². The quantitative estimate of drug-likeness (QED) is 0.0582. The number of carbonyl (C=O) groups excluding carboxylic acids is 8. The highest BCUT2D eigenvalue weighted by molar-refractivity contribution is 9.10. The summed E-state index contributed by atoms with van der Waals surface area (Å²) in [6.07, 6.45) is 15.8. The van der Waals surface area contributed by atoms with Gasteiger partial charge in [0.1, 0.15) is 37.6 Å². The number of carboxylic acid groups (broad SMARTS) is 1. The molecule has 5 aliphatic rings. The maximum absolute atomic E-state index is 14.0. The number of rotatable bonds is 12. The van der Waals surface area contributed by atoms with E-state index in [4.69, 9.17) is 9.47 Å². The lowest BCUT2D eigenvalue weighted by Crippen LogP contribution is -2.51. The van der Waals surface area contributed by atoms with Crippen LogP contribution in [-0.2, 0) is 38.2 Å². The molecule has 0 aromatic carbocycles. The van der Waals surface area contributed by atoms with E-state index in [2.05, 4.69) is 99.3 Å². The van der Waals surface area contributed by atoms with Crippen molar-refractivity contribution in [1.29, 1.82) is 0 Å². The number of aromatic carboxylic acids is 1. The maximum atomic E-state index is 14.0. The number of hydrogen-bond donors (Lipinski definition) is 2. The van der Waals surface area contributed by atoms with Gasteiger partial charge in [0.05, 0.1) is 57.9 Å². The molecule has 108 heavy (non-hydrogen) atoms. The fraction of sp³-hybridized carbons (Fsp3) is 0.560. The second-order valence-electron chi connectivity index (χ2n) is 32.0. The summed E-state index contributed by atoms with van der Waals surface area (Å²) in [5.41, 5.74) is 3.31. The zero-order valence-corrected chi connectivity index (χ0v) is 71.5. The predicted molar refractivity (Wildman–Crippen MR) is 438 cm³/mol. The molecule has 0 bridgehead atoms. The van der Waals surface area contributed by atoms with E-state index < -0.39 is 30.0 Å². The summed E-state index contributed by atoms with van der Waals surface area (Å²) in [7, 11) is 9.41. The number of hydrogen-bond acceptors (Lipinski definition) is 17. The van der Waals surface area contributed by atoms with Gasteiger partial charge in [0, 0.05) is 78.7 Å². The molecular formula is C84H109BrN6O13S4. The largest absolute Gasteiger partial charge is 0.477 e. The lowest BCUT2D eigenvalue weighted by molar-refractivity contribution is -0.134. The summed E-state index contributed by atoms with van der Waals surface area (Å²) >= 11 is 8.24. The van der Waals surface area contributed by atoms with Crippen molar-refractivity contribution in [2.75, 3.05) is 77.2 Å². The third-order valence-electron chi connectivity index (χ3n) is 18.0. The van der Waals surface area contributed by atoms with Crippen LogP contribution in [0, 0.1) is 80.9 Å². The number of likely N-dealkylation sites (N-methyl/N-ethyl adjacent to an activating group) is 3. The number of ether oxygens (including phenoxy) is 3. The van der Waals surface area contributed by atoms with Gasteiger partial charge < -0.3 is 39.3 Å². The van der Waals surface area contributed by atoms with Gasteiger partial charge in [-0.1, -0.05) is 70.7 Å². The Labute approximate surface area is 664 Å². The Morgan fingerprint density at radius 3 is 1.21 bits per heavy atom. The molecule has 4 aromatic rings. The van der Waals surface area contributed by atoms with E-state index in [1.165, 1.54) is 71.4 Å². The topological polar surface area (TPSA) is 230 Å². The molecular weight excluding hydrogens is 1510 g/mol. The van der Waals surface area contributed by atoms with Gasteiger partial charge in [0.25, 0.3) is 0 Å². The van der Waals surface area contributed by atoms with Crippen molar-refractivity contribution in [2.24, 2.45) is 33.5 Å². The van der Waals surface area contributed by atoms with Gasteiger partial charge in [-0.25, -0.2) is 19.2 Å². The van der Waals surface area contributed by atoms with E-state index in [1.807, 2.05) is 102 Å². The lowest BCUT2D eigenvalue weighted by atomic mass is 9.88. The van der Waals surface area contributed by atoms with E-state index in [0.717, 1.165) is 96.3 Å². The average Bonchev–Trinajstić information content (AvgIpc) is 1.58. The van der Waals surface area contributed by atoms with Crippen LogP contribution in [0.4, 0.5) is 17.1 Å². The number of anilines is 3. The van der Waals surface area contributed by atoms with Crippen LogP contribution in [0.1, 0.15) is 251 Å². The number of carbonyl (C=O) groups is 9. The fourth-order valence-corrected chi connectivity index (χ4v) is 16.4. The van der Waals surface area contributed by atoms with Crippen LogP contribution in [-0.4, -0.2) is 153 Å². The van der Waals surface area contributed by atoms with E-state index in [-0.39, 0.29) is 79.9 Å². The molecule has 5 amide bonds. The third-order valence-corrected chi connectivity index (χ3v) is 23.0. The molecule has 5 atom stereocenters. The Bertz CT molecular complexity index is 4290. The summed E-state index contributed by atoms with van der Waals surface area (Å²) in [6.45, 7) is 30.5. The summed E-state index contributed by atoms with van der Waals surface area (Å²) in [4.78, 5) is 128. The molecule has 4 aromatic heterocycles. The number of nitrogens with one attached hydrogen (secondary N) is 1. The molecule has 2 aliphatic carbocycles. The fourth-order valence-electron chi connectivity index (χ4n) is 12.1. The van der Waals surface area contributed by atoms with Crippen molar-refractivity contribution in [3.63, 3.8) is 0 Å². The number of esters is 3. The van der Waals surface area contributed by atoms with Gasteiger partial charge in [0.2, 0.25) is 29.5 Å². The zero-order valence-electron chi connectivity index (χ0n) is 66.7. The van der Waals surface area contributed by atoms with Crippen LogP contribution < -0.4 is 15.1 Å². The highest BCUT2D eigenvalue weighted by atomic mass is 79.9. The molecule has 0 radical (unpaired) electrons. The van der Waals surface area contributed by atoms with Gasteiger partial charge in [-0.15, -0.1) is 45.3 Å². The van der Waals surface area contributed by atoms with Gasteiger partial charge in [0.15, 0.2) is 0 Å². The average molecular weight is 1620 g/mol. The molecule has 2 unspecified atom stereocenters. The number of halogens is 1. The second kappa shape index (κ2) is 39.6. The Morgan fingerprint density at radius 2 is 0.824 bits per heavy atom. The van der Waals surface area contributed by atoms with Crippen LogP contribution in [0.15, 0.2) is 52.0 Å². The molecule has 3 fully saturated rings. The number of thiophene rings is 4. The highest BCUT2D eigenvalue weighted by Crippen LogP contribution is 2.40. The standard InChI is InChI=1S/C27H36N2O4S.C26H34N2O4S.C19H26N2O3S.C12H13BrO2S/c1-18-10-12-19(13-11-18)24(30)29(21-9-7-8-16-28(5)25(21)31)22-17-20(14-15-27(2,3)4)34-23(22)26(32)33-6;1-17-9-11-18(12-10-17)23(29)28(20-8-6-7-15-27(5)24(20)30)21-16-19(13-14-26(2,3)4)33-22(21)25(31)32;1-19(2,3)10-9-13-12-15(16(25-13)18(23)24-5)20-14-8-6-7-11-21(4)17(14)22;1-12(2,3)6-5-8-7-9(13)10(16-8)11(14)15-4/h10,17,19,21H,7-9,11-13,16H2,1-6H3;9,16,18,20H,6-8,10-12,15H2,1-5H3,(H,31,32);12,14,20H,6-8,11H2,1-5H3;7H,1-4H3/t19?,21-;18?,20-;14-;/m000./s1. The summed E-state index contributed by atoms with van der Waals surface area (Å²) in [5, 5.41) is 13.2. The maximum Gasteiger partial charge on any atom is 0.350 e. The van der Waals surface area contributed by atoms with E-state index in [9.17, 15) is 48.3 Å². The van der Waals surface area contributed by atoms with Crippen molar-refractivity contribution < 1.29 is 62.5 Å². The molecule has 2 N–H and O–H groups in total. The highest BCUT2D eigenvalue weighted by Gasteiger charge is 2.42. The van der Waals surface area contributed by atoms with Crippen molar-refractivity contribution in [2.45, 2.75) is 211 Å². The van der Waals surface area contributed by atoms with Crippen LogP contribution in [0.2, 0.25) is 0 Å². The van der Waals surface area contributed by atoms with Crippen molar-refractivity contribution in [3.05, 3.63) is 91.1 Å². The molecule has 584 valence electrons. The number of likely N-dealkylation sites (tertiary alicyclic amines) is 3. The second-order valence-corrected chi connectivity index (χ2v) is 37.1. The first-order valence-electron chi connectivity index (χ1n) is 36.8. The molecule has 3 saturated heterocycles. The van der Waals surface area contributed by atoms with Crippen LogP contribution in [0.5, 0.6) is 0 Å². The minimum Gasteiger partial charge on any atom is -0.477 e. The summed E-state index contributed by atoms with van der Waals surface area (Å²) < 4.78 is 15.4. The van der Waals surface area contributed by atoms with Gasteiger partial charge in [-0.2, -0.15) is 0 Å². The van der Waals surface area contributed by atoms with Crippen molar-refractivity contribution >= 4 is 132 Å². The lowest BCUT2D eigenvalue weighted by Gasteiger charge is -2.35. The number of methoxy groups -OCH3 is 3. The zero-order chi connectivity index (χ0) is 80.3. The minimum absolute atomic E-state index is 0.0398. The molecule has 9 rings (SSSR count). The van der Waals surface area contributed by atoms with E-state index in [1.54, 1.807) is 45.8 Å². The molecule has 19 nitrogen and oxygen atoms in total. The molecule has 7 heterocycles. The van der Waals surface area contributed by atoms with Crippen LogP contribution in [0.3, 0.4) is 0 Å². The predicted octanol–water partition coefficient (Wildman–Crippen LogP) is 17.0. The minimum atomic E-state index is -1.11. The Hall–Kier alpha value is -7.97. The van der Waals surface area contributed by atoms with E-state index in [0.29, 0.717) is 86.6 Å². The summed E-state index contributed by atoms with van der Waals surface area (Å²) in [5.74, 6) is 21.8. The first-order chi connectivity index (χ1) is 50.5. The van der Waals surface area contributed by atoms with Crippen molar-refractivity contribution in [3.8, 4) is 47.4 Å². The van der Waals surface area contributed by atoms with Crippen LogP contribution >= 0.6 is 61.3 Å². The first kappa shape index (κ1) is 88.9. The van der Waals surface area contributed by atoms with Gasteiger partial charge in [-0.05, 0) is 233 Å². The monoisotopic (exact) mass is 1620 g/mol. The number of carboxylic acids is 1. The smallest absolute Gasteiger partial charge is 0.350 e.